The van der Waals surface area contributed by atoms with Crippen LogP contribution in [0.15, 0.2) is 18.2 Å². The molecule has 18 heavy (non-hydrogen) atoms. The van der Waals surface area contributed by atoms with Gasteiger partial charge in [-0.25, -0.2) is 4.79 Å². The molecule has 0 amide bonds. The van der Waals surface area contributed by atoms with E-state index in [1.807, 2.05) is 32.0 Å². The maximum atomic E-state index is 11.6. The molecular formula is C14H21NO3. The Bertz CT molecular complexity index is 404. The highest BCUT2D eigenvalue weighted by Crippen LogP contribution is 2.23. The van der Waals surface area contributed by atoms with Gasteiger partial charge >= 0.3 is 5.97 Å². The number of benzene rings is 1. The van der Waals surface area contributed by atoms with Gasteiger partial charge in [-0.15, -0.1) is 0 Å². The molecule has 0 aromatic heterocycles. The topological polar surface area (TPSA) is 61.5 Å². The zero-order valence-corrected chi connectivity index (χ0v) is 11.2. The molecule has 4 heteroatoms. The van der Waals surface area contributed by atoms with Crippen molar-refractivity contribution in [3.63, 3.8) is 0 Å². The first-order chi connectivity index (χ1) is 8.63. The SMILES string of the molecule is CCOC(=O)C(N)c1ccc(OCC)cc1CC. The Kier molecular flexibility index (Phi) is 5.65. The molecule has 1 rings (SSSR count). The summed E-state index contributed by atoms with van der Waals surface area (Å²) in [5, 5.41) is 0. The summed E-state index contributed by atoms with van der Waals surface area (Å²) in [5.74, 6) is 0.408. The van der Waals surface area contributed by atoms with Crippen LogP contribution in [-0.2, 0) is 16.0 Å². The summed E-state index contributed by atoms with van der Waals surface area (Å²) in [6.45, 7) is 6.68. The van der Waals surface area contributed by atoms with Crippen molar-refractivity contribution in [1.82, 2.24) is 0 Å². The van der Waals surface area contributed by atoms with Crippen LogP contribution in [0, 0.1) is 0 Å². The number of carbonyl (C=O) groups excluding carboxylic acids is 1. The lowest BCUT2D eigenvalue weighted by atomic mass is 9.99. The Morgan fingerprint density at radius 3 is 2.56 bits per heavy atom. The lowest BCUT2D eigenvalue weighted by Gasteiger charge is -2.16. The quantitative estimate of drug-likeness (QED) is 0.787. The average molecular weight is 251 g/mol. The van der Waals surface area contributed by atoms with E-state index in [1.54, 1.807) is 6.92 Å². The van der Waals surface area contributed by atoms with Crippen molar-refractivity contribution in [3.05, 3.63) is 29.3 Å². The third-order valence-corrected chi connectivity index (χ3v) is 2.68. The highest BCUT2D eigenvalue weighted by molar-refractivity contribution is 5.78. The second-order valence-electron chi connectivity index (χ2n) is 3.88. The van der Waals surface area contributed by atoms with Crippen LogP contribution >= 0.6 is 0 Å². The summed E-state index contributed by atoms with van der Waals surface area (Å²) in [4.78, 5) is 11.6. The monoisotopic (exact) mass is 251 g/mol. The average Bonchev–Trinajstić information content (AvgIpc) is 2.38. The van der Waals surface area contributed by atoms with E-state index in [0.717, 1.165) is 23.3 Å². The van der Waals surface area contributed by atoms with E-state index in [0.29, 0.717) is 13.2 Å². The van der Waals surface area contributed by atoms with E-state index in [2.05, 4.69) is 0 Å². The third-order valence-electron chi connectivity index (χ3n) is 2.68. The lowest BCUT2D eigenvalue weighted by Crippen LogP contribution is -2.24. The molecule has 0 heterocycles. The zero-order chi connectivity index (χ0) is 13.5. The maximum absolute atomic E-state index is 11.6. The molecule has 0 aliphatic rings. The van der Waals surface area contributed by atoms with Crippen LogP contribution in [0.2, 0.25) is 0 Å². The molecule has 2 N–H and O–H groups in total. The number of ether oxygens (including phenoxy) is 2. The molecule has 0 aliphatic heterocycles. The molecule has 0 bridgehead atoms. The van der Waals surface area contributed by atoms with E-state index in [4.69, 9.17) is 15.2 Å². The van der Waals surface area contributed by atoms with E-state index in [1.165, 1.54) is 0 Å². The fourth-order valence-corrected chi connectivity index (χ4v) is 1.81. The van der Waals surface area contributed by atoms with Crippen molar-refractivity contribution >= 4 is 5.97 Å². The van der Waals surface area contributed by atoms with Crippen molar-refractivity contribution in [1.29, 1.82) is 0 Å². The highest BCUT2D eigenvalue weighted by atomic mass is 16.5. The number of nitrogens with two attached hydrogens (primary N) is 1. The maximum Gasteiger partial charge on any atom is 0.327 e. The molecule has 1 unspecified atom stereocenters. The van der Waals surface area contributed by atoms with Gasteiger partial charge in [-0.05, 0) is 43.5 Å². The van der Waals surface area contributed by atoms with E-state index in [9.17, 15) is 4.79 Å². The van der Waals surface area contributed by atoms with E-state index in [-0.39, 0.29) is 0 Å². The number of rotatable bonds is 6. The van der Waals surface area contributed by atoms with Gasteiger partial charge in [0.05, 0.1) is 13.2 Å². The molecule has 1 aromatic rings. The van der Waals surface area contributed by atoms with Gasteiger partial charge in [0.15, 0.2) is 0 Å². The minimum atomic E-state index is -0.726. The number of carbonyl (C=O) groups is 1. The Morgan fingerprint density at radius 2 is 2.00 bits per heavy atom. The van der Waals surface area contributed by atoms with Crippen molar-refractivity contribution < 1.29 is 14.3 Å². The van der Waals surface area contributed by atoms with E-state index < -0.39 is 12.0 Å². The Balaban J connectivity index is 2.97. The van der Waals surface area contributed by atoms with Gasteiger partial charge in [0.2, 0.25) is 0 Å². The van der Waals surface area contributed by atoms with Crippen LogP contribution in [0.4, 0.5) is 0 Å². The summed E-state index contributed by atoms with van der Waals surface area (Å²) in [6.07, 6.45) is 0.795. The fourth-order valence-electron chi connectivity index (χ4n) is 1.81. The van der Waals surface area contributed by atoms with Gasteiger partial charge in [0, 0.05) is 0 Å². The zero-order valence-electron chi connectivity index (χ0n) is 11.2. The number of hydrogen-bond donors (Lipinski definition) is 1. The van der Waals surface area contributed by atoms with Crippen molar-refractivity contribution in [3.8, 4) is 5.75 Å². The van der Waals surface area contributed by atoms with Gasteiger partial charge in [-0.2, -0.15) is 0 Å². The Hall–Kier alpha value is -1.55. The minimum absolute atomic E-state index is 0.338. The molecule has 0 saturated heterocycles. The van der Waals surface area contributed by atoms with Crippen molar-refractivity contribution in [2.24, 2.45) is 5.73 Å². The third kappa shape index (κ3) is 3.47. The van der Waals surface area contributed by atoms with Crippen LogP contribution < -0.4 is 10.5 Å². The molecule has 0 radical (unpaired) electrons. The van der Waals surface area contributed by atoms with Crippen LogP contribution in [0.1, 0.15) is 37.9 Å². The van der Waals surface area contributed by atoms with Crippen LogP contribution in [-0.4, -0.2) is 19.2 Å². The lowest BCUT2D eigenvalue weighted by molar-refractivity contribution is -0.144. The predicted molar refractivity (Wildman–Crippen MR) is 70.6 cm³/mol. The van der Waals surface area contributed by atoms with Crippen molar-refractivity contribution in [2.75, 3.05) is 13.2 Å². The predicted octanol–water partition coefficient (Wildman–Crippen LogP) is 2.21. The second-order valence-corrected chi connectivity index (χ2v) is 3.88. The van der Waals surface area contributed by atoms with Gasteiger partial charge in [0.1, 0.15) is 11.8 Å². The standard InChI is InChI=1S/C14H21NO3/c1-4-10-9-11(17-5-2)7-8-12(10)13(15)14(16)18-6-3/h7-9,13H,4-6,15H2,1-3H3. The first-order valence-electron chi connectivity index (χ1n) is 6.31. The number of hydrogen-bond acceptors (Lipinski definition) is 4. The summed E-state index contributed by atoms with van der Waals surface area (Å²) in [5.41, 5.74) is 7.73. The summed E-state index contributed by atoms with van der Waals surface area (Å²) < 4.78 is 10.4. The number of aryl methyl sites for hydroxylation is 1. The van der Waals surface area contributed by atoms with Gasteiger partial charge < -0.3 is 15.2 Å². The van der Waals surface area contributed by atoms with E-state index >= 15 is 0 Å². The van der Waals surface area contributed by atoms with Gasteiger partial charge in [-0.1, -0.05) is 13.0 Å². The van der Waals surface area contributed by atoms with Crippen LogP contribution in [0.25, 0.3) is 0 Å². The summed E-state index contributed by atoms with van der Waals surface area (Å²) in [6, 6.07) is 4.87. The smallest absolute Gasteiger partial charge is 0.327 e. The highest BCUT2D eigenvalue weighted by Gasteiger charge is 2.19. The second kappa shape index (κ2) is 7.01. The molecule has 1 aromatic carbocycles. The normalized spacial score (nSPS) is 12.0. The first-order valence-corrected chi connectivity index (χ1v) is 6.31. The first kappa shape index (κ1) is 14.5. The Morgan fingerprint density at radius 1 is 1.28 bits per heavy atom. The molecule has 0 fully saturated rings. The molecular weight excluding hydrogens is 230 g/mol. The van der Waals surface area contributed by atoms with Crippen LogP contribution in [0.3, 0.4) is 0 Å². The molecule has 0 spiro atoms. The molecule has 4 nitrogen and oxygen atoms in total. The van der Waals surface area contributed by atoms with Crippen LogP contribution in [0.5, 0.6) is 5.75 Å². The molecule has 100 valence electrons. The van der Waals surface area contributed by atoms with Gasteiger partial charge in [-0.3, -0.25) is 0 Å². The molecule has 0 aliphatic carbocycles. The molecule has 0 saturated carbocycles. The van der Waals surface area contributed by atoms with Gasteiger partial charge in [0.25, 0.3) is 0 Å². The molecule has 1 atom stereocenters. The largest absolute Gasteiger partial charge is 0.494 e. The minimum Gasteiger partial charge on any atom is -0.494 e. The fraction of sp³-hybridized carbons (Fsp3) is 0.500. The number of esters is 1. The Labute approximate surface area is 108 Å². The summed E-state index contributed by atoms with van der Waals surface area (Å²) in [7, 11) is 0. The van der Waals surface area contributed by atoms with Crippen molar-refractivity contribution in [2.45, 2.75) is 33.2 Å². The summed E-state index contributed by atoms with van der Waals surface area (Å²) >= 11 is 0.